The van der Waals surface area contributed by atoms with Gasteiger partial charge in [-0.2, -0.15) is 0 Å². The molecule has 0 fully saturated rings. The van der Waals surface area contributed by atoms with Crippen LogP contribution in [0.4, 0.5) is 4.39 Å². The van der Waals surface area contributed by atoms with E-state index in [4.69, 9.17) is 16.7 Å². The van der Waals surface area contributed by atoms with Gasteiger partial charge < -0.3 is 5.11 Å². The molecule has 2 N–H and O–H groups in total. The molecule has 1 aromatic rings. The lowest BCUT2D eigenvalue weighted by Crippen LogP contribution is -2.32. The fourth-order valence-corrected chi connectivity index (χ4v) is 2.80. The Morgan fingerprint density at radius 1 is 1.37 bits per heavy atom. The van der Waals surface area contributed by atoms with Gasteiger partial charge in [0.1, 0.15) is 5.82 Å². The number of benzene rings is 1. The summed E-state index contributed by atoms with van der Waals surface area (Å²) in [5, 5.41) is 8.76. The van der Waals surface area contributed by atoms with E-state index in [1.54, 1.807) is 0 Å². The second kappa shape index (κ2) is 5.75. The highest BCUT2D eigenvalue weighted by atomic mass is 35.5. The van der Waals surface area contributed by atoms with Crippen molar-refractivity contribution in [3.8, 4) is 0 Å². The largest absolute Gasteiger partial charge is 0.392 e. The Balaban J connectivity index is 3.12. The van der Waals surface area contributed by atoms with Gasteiger partial charge in [0.15, 0.2) is 0 Å². The molecule has 0 heterocycles. The molecule has 1 aromatic carbocycles. The number of hydrogen-bond donors (Lipinski definition) is 2. The van der Waals surface area contributed by atoms with Crippen LogP contribution < -0.4 is 4.72 Å². The van der Waals surface area contributed by atoms with Gasteiger partial charge in [0, 0.05) is 12.1 Å². The van der Waals surface area contributed by atoms with Crippen LogP contribution in [0.3, 0.4) is 0 Å². The Kier molecular flexibility index (Phi) is 4.95. The maximum atomic E-state index is 13.5. The first kappa shape index (κ1) is 16.4. The first-order valence-electron chi connectivity index (χ1n) is 5.65. The highest BCUT2D eigenvalue weighted by Crippen LogP contribution is 2.24. The number of aliphatic hydroxyl groups is 1. The van der Waals surface area contributed by atoms with Crippen LogP contribution in [0.15, 0.2) is 17.0 Å². The van der Waals surface area contributed by atoms with Gasteiger partial charge in [-0.15, -0.1) is 0 Å². The van der Waals surface area contributed by atoms with Crippen molar-refractivity contribution in [2.45, 2.75) is 32.3 Å². The van der Waals surface area contributed by atoms with E-state index in [-0.39, 0.29) is 27.4 Å². The smallest absolute Gasteiger partial charge is 0.240 e. The highest BCUT2D eigenvalue weighted by Gasteiger charge is 2.21. The van der Waals surface area contributed by atoms with Crippen LogP contribution in [0.25, 0.3) is 0 Å². The van der Waals surface area contributed by atoms with E-state index in [1.807, 2.05) is 20.8 Å². The number of rotatable bonds is 4. The fraction of sp³-hybridized carbons (Fsp3) is 0.500. The summed E-state index contributed by atoms with van der Waals surface area (Å²) in [5.74, 6) is -0.871. The molecule has 7 heteroatoms. The standard InChI is InChI=1S/C12H17ClFNO3S/c1-12(2,3)7-15-19(17,18)9-4-8(6-16)11(13)10(14)5-9/h4-5,15-16H,6-7H2,1-3H3. The van der Waals surface area contributed by atoms with Gasteiger partial charge in [0.2, 0.25) is 10.0 Å². The first-order chi connectivity index (χ1) is 8.57. The third kappa shape index (κ3) is 4.42. The monoisotopic (exact) mass is 309 g/mol. The molecule has 0 bridgehead atoms. The highest BCUT2D eigenvalue weighted by molar-refractivity contribution is 7.89. The maximum absolute atomic E-state index is 13.5. The number of sulfonamides is 1. The van der Waals surface area contributed by atoms with E-state index in [0.29, 0.717) is 0 Å². The lowest BCUT2D eigenvalue weighted by molar-refractivity contribution is 0.281. The van der Waals surface area contributed by atoms with Crippen LogP contribution in [0.5, 0.6) is 0 Å². The third-order valence-corrected chi connectivity index (χ3v) is 4.15. The first-order valence-corrected chi connectivity index (χ1v) is 7.51. The number of nitrogens with one attached hydrogen (secondary N) is 1. The molecule has 0 radical (unpaired) electrons. The summed E-state index contributed by atoms with van der Waals surface area (Å²) in [6.45, 7) is 5.30. The van der Waals surface area contributed by atoms with E-state index in [0.717, 1.165) is 12.1 Å². The second-order valence-electron chi connectivity index (χ2n) is 5.42. The molecule has 0 atom stereocenters. The molecular weight excluding hydrogens is 293 g/mol. The second-order valence-corrected chi connectivity index (χ2v) is 7.57. The summed E-state index contributed by atoms with van der Waals surface area (Å²) in [7, 11) is -3.83. The minimum absolute atomic E-state index is 0.0396. The zero-order valence-electron chi connectivity index (χ0n) is 11.0. The average Bonchev–Trinajstić information content (AvgIpc) is 2.29. The lowest BCUT2D eigenvalue weighted by atomic mass is 9.98. The molecule has 19 heavy (non-hydrogen) atoms. The van der Waals surface area contributed by atoms with Gasteiger partial charge in [-0.25, -0.2) is 17.5 Å². The predicted octanol–water partition coefficient (Wildman–Crippen LogP) is 2.30. The Hall–Kier alpha value is -0.690. The van der Waals surface area contributed by atoms with Crippen molar-refractivity contribution < 1.29 is 17.9 Å². The minimum Gasteiger partial charge on any atom is -0.392 e. The Bertz CT molecular complexity index is 567. The molecule has 0 amide bonds. The van der Waals surface area contributed by atoms with Gasteiger partial charge in [-0.05, 0) is 17.5 Å². The molecule has 4 nitrogen and oxygen atoms in total. The van der Waals surface area contributed by atoms with E-state index < -0.39 is 22.4 Å². The normalized spacial score (nSPS) is 12.7. The molecule has 0 spiro atoms. The van der Waals surface area contributed by atoms with E-state index in [9.17, 15) is 12.8 Å². The average molecular weight is 310 g/mol. The lowest BCUT2D eigenvalue weighted by Gasteiger charge is -2.19. The molecule has 0 aliphatic heterocycles. The van der Waals surface area contributed by atoms with E-state index in [2.05, 4.69) is 4.72 Å². The predicted molar refractivity (Wildman–Crippen MR) is 72.0 cm³/mol. The van der Waals surface area contributed by atoms with Crippen LogP contribution in [0.1, 0.15) is 26.3 Å². The summed E-state index contributed by atoms with van der Waals surface area (Å²) in [4.78, 5) is -0.247. The molecule has 0 aliphatic rings. The Morgan fingerprint density at radius 3 is 2.42 bits per heavy atom. The van der Waals surface area contributed by atoms with E-state index >= 15 is 0 Å². The molecule has 0 saturated heterocycles. The number of halogens is 2. The Labute approximate surface area is 117 Å². The van der Waals surface area contributed by atoms with Crippen LogP contribution in [0.2, 0.25) is 5.02 Å². The number of aliphatic hydroxyl groups excluding tert-OH is 1. The van der Waals surface area contributed by atoms with E-state index in [1.165, 1.54) is 0 Å². The number of hydrogen-bond acceptors (Lipinski definition) is 3. The zero-order valence-corrected chi connectivity index (χ0v) is 12.6. The summed E-state index contributed by atoms with van der Waals surface area (Å²) in [6, 6.07) is 2.00. The fourth-order valence-electron chi connectivity index (χ4n) is 1.28. The van der Waals surface area contributed by atoms with Gasteiger partial charge in [0.05, 0.1) is 16.5 Å². The van der Waals surface area contributed by atoms with Crippen molar-refractivity contribution in [2.24, 2.45) is 5.41 Å². The molecular formula is C12H17ClFNO3S. The van der Waals surface area contributed by atoms with Gasteiger partial charge in [-0.3, -0.25) is 0 Å². The van der Waals surface area contributed by atoms with Gasteiger partial charge in [-0.1, -0.05) is 32.4 Å². The van der Waals surface area contributed by atoms with Crippen LogP contribution in [0, 0.1) is 11.2 Å². The van der Waals surface area contributed by atoms with Crippen molar-refractivity contribution >= 4 is 21.6 Å². The van der Waals surface area contributed by atoms with Crippen molar-refractivity contribution in [1.82, 2.24) is 4.72 Å². The minimum atomic E-state index is -3.83. The topological polar surface area (TPSA) is 66.4 Å². The van der Waals surface area contributed by atoms with Gasteiger partial charge in [0.25, 0.3) is 0 Å². The SMILES string of the molecule is CC(C)(C)CNS(=O)(=O)c1cc(F)c(Cl)c(CO)c1. The van der Waals surface area contributed by atoms with Crippen molar-refractivity contribution in [3.05, 3.63) is 28.5 Å². The summed E-state index contributed by atoms with van der Waals surface area (Å²) in [6.07, 6.45) is 0. The van der Waals surface area contributed by atoms with Crippen molar-refractivity contribution in [3.63, 3.8) is 0 Å². The Morgan fingerprint density at radius 2 is 1.95 bits per heavy atom. The molecule has 108 valence electrons. The maximum Gasteiger partial charge on any atom is 0.240 e. The molecule has 0 unspecified atom stereocenters. The third-order valence-electron chi connectivity index (χ3n) is 2.35. The quantitative estimate of drug-likeness (QED) is 0.897. The van der Waals surface area contributed by atoms with Crippen LogP contribution in [-0.4, -0.2) is 20.1 Å². The van der Waals surface area contributed by atoms with Gasteiger partial charge >= 0.3 is 0 Å². The van der Waals surface area contributed by atoms with Crippen molar-refractivity contribution in [1.29, 1.82) is 0 Å². The summed E-state index contributed by atoms with van der Waals surface area (Å²) < 4.78 is 39.9. The summed E-state index contributed by atoms with van der Waals surface area (Å²) >= 11 is 5.61. The molecule has 0 saturated carbocycles. The van der Waals surface area contributed by atoms with Crippen molar-refractivity contribution in [2.75, 3.05) is 6.54 Å². The molecule has 0 aromatic heterocycles. The van der Waals surface area contributed by atoms with Crippen LogP contribution in [-0.2, 0) is 16.6 Å². The zero-order chi connectivity index (χ0) is 14.8. The molecule has 1 rings (SSSR count). The molecule has 0 aliphatic carbocycles. The van der Waals surface area contributed by atoms with Crippen LogP contribution >= 0.6 is 11.6 Å². The summed E-state index contributed by atoms with van der Waals surface area (Å²) in [5.41, 5.74) is -0.199.